The Hall–Kier alpha value is -3.36. The van der Waals surface area contributed by atoms with Crippen molar-refractivity contribution in [3.63, 3.8) is 0 Å². The number of nitrogens with one attached hydrogen (secondary N) is 1. The summed E-state index contributed by atoms with van der Waals surface area (Å²) >= 11 is 0. The molecule has 9 nitrogen and oxygen atoms in total. The Balaban J connectivity index is 0.00000341. The van der Waals surface area contributed by atoms with Crippen molar-refractivity contribution in [2.24, 2.45) is 33.1 Å². The predicted molar refractivity (Wildman–Crippen MR) is 120 cm³/mol. The molecule has 162 valence electrons. The number of carbonyl (C=O) groups is 2. The number of amides is 3. The van der Waals surface area contributed by atoms with E-state index in [1.54, 1.807) is 24.0 Å². The first kappa shape index (κ1) is 21.4. The van der Waals surface area contributed by atoms with Crippen molar-refractivity contribution >= 4 is 29.3 Å². The summed E-state index contributed by atoms with van der Waals surface area (Å²) in [5.74, 6) is 0.470. The van der Waals surface area contributed by atoms with Gasteiger partial charge >= 0.3 is 6.03 Å². The molecule has 1 saturated heterocycles. The summed E-state index contributed by atoms with van der Waals surface area (Å²) < 4.78 is 0. The number of aryl methyl sites for hydroxylation is 1. The van der Waals surface area contributed by atoms with Crippen LogP contribution in [0.1, 0.15) is 45.7 Å². The summed E-state index contributed by atoms with van der Waals surface area (Å²) in [6.45, 7) is 5.56. The van der Waals surface area contributed by atoms with Gasteiger partial charge in [0, 0.05) is 37.5 Å². The highest BCUT2D eigenvalue weighted by Gasteiger charge is 2.62. The monoisotopic (exact) mass is 413 g/mol. The van der Waals surface area contributed by atoms with Crippen LogP contribution in [0.25, 0.3) is 0 Å². The smallest absolute Gasteiger partial charge is 0.323 e. The number of aliphatic imine (C=N–C) groups is 2. The maximum absolute atomic E-state index is 13.1. The molecule has 0 radical (unpaired) electrons. The predicted octanol–water partition coefficient (Wildman–Crippen LogP) is 2.05. The van der Waals surface area contributed by atoms with Gasteiger partial charge in [-0.15, -0.1) is 0 Å². The zero-order valence-corrected chi connectivity index (χ0v) is 17.6. The van der Waals surface area contributed by atoms with E-state index in [1.807, 2.05) is 13.0 Å². The van der Waals surface area contributed by atoms with Gasteiger partial charge in [0.05, 0.1) is 5.84 Å². The number of rotatable bonds is 4. The SMILES string of the molecule is CC(N)=NC(=O)C12CC(C)CC(C1)N2C(=O)Nc1ccc(C)c(C(N)=N/C=C\N)c1.[HH]. The molecule has 1 aliphatic heterocycles. The van der Waals surface area contributed by atoms with Gasteiger partial charge in [-0.25, -0.2) is 9.79 Å². The van der Waals surface area contributed by atoms with E-state index < -0.39 is 5.54 Å². The Bertz CT molecular complexity index is 955. The fourth-order valence-electron chi connectivity index (χ4n) is 4.57. The third kappa shape index (κ3) is 3.87. The molecule has 2 aliphatic rings. The molecule has 2 bridgehead atoms. The second-order valence-corrected chi connectivity index (χ2v) is 8.18. The zero-order chi connectivity index (χ0) is 22.1. The largest absolute Gasteiger partial charge is 0.403 e. The van der Waals surface area contributed by atoms with E-state index in [9.17, 15) is 9.59 Å². The third-order valence-corrected chi connectivity index (χ3v) is 5.72. The van der Waals surface area contributed by atoms with Crippen LogP contribution in [0.2, 0.25) is 0 Å². The van der Waals surface area contributed by atoms with Gasteiger partial charge in [0.1, 0.15) is 11.4 Å². The van der Waals surface area contributed by atoms with Crippen LogP contribution in [0.4, 0.5) is 10.5 Å². The van der Waals surface area contributed by atoms with E-state index in [4.69, 9.17) is 17.2 Å². The van der Waals surface area contributed by atoms with E-state index in [0.29, 0.717) is 35.8 Å². The molecule has 1 aliphatic carbocycles. The maximum Gasteiger partial charge on any atom is 0.323 e. The molecule has 3 atom stereocenters. The number of benzene rings is 1. The number of nitrogens with two attached hydrogens (primary N) is 3. The first-order valence-electron chi connectivity index (χ1n) is 9.94. The summed E-state index contributed by atoms with van der Waals surface area (Å²) in [4.78, 5) is 35.6. The molecule has 0 aromatic heterocycles. The average molecular weight is 414 g/mol. The molecule has 1 heterocycles. The Morgan fingerprint density at radius 1 is 1.33 bits per heavy atom. The quantitative estimate of drug-likeness (QED) is 0.440. The number of carbonyl (C=O) groups excluding carboxylic acids is 2. The number of anilines is 1. The normalized spacial score (nSPS) is 26.4. The molecular weight excluding hydrogens is 382 g/mol. The number of likely N-dealkylation sites (tertiary alicyclic amines) is 1. The highest BCUT2D eigenvalue weighted by molar-refractivity contribution is 6.04. The van der Waals surface area contributed by atoms with Crippen molar-refractivity contribution in [3.8, 4) is 0 Å². The summed E-state index contributed by atoms with van der Waals surface area (Å²) in [7, 11) is 0. The first-order chi connectivity index (χ1) is 14.2. The van der Waals surface area contributed by atoms with Crippen molar-refractivity contribution in [3.05, 3.63) is 41.7 Å². The summed E-state index contributed by atoms with van der Waals surface area (Å²) in [5, 5.41) is 2.90. The van der Waals surface area contributed by atoms with Crippen LogP contribution in [0.15, 0.2) is 40.6 Å². The maximum atomic E-state index is 13.1. The minimum Gasteiger partial charge on any atom is -0.403 e. The molecule has 1 aromatic carbocycles. The fraction of sp³-hybridized carbons (Fsp3) is 0.429. The van der Waals surface area contributed by atoms with Gasteiger partial charge in [0.25, 0.3) is 5.91 Å². The summed E-state index contributed by atoms with van der Waals surface area (Å²) in [5.41, 5.74) is 18.2. The molecular formula is C21H31N7O2. The highest BCUT2D eigenvalue weighted by Crippen LogP contribution is 2.50. The Kier molecular flexibility index (Phi) is 5.82. The van der Waals surface area contributed by atoms with Crippen LogP contribution in [-0.4, -0.2) is 40.1 Å². The van der Waals surface area contributed by atoms with Crippen LogP contribution in [0, 0.1) is 12.8 Å². The lowest BCUT2D eigenvalue weighted by Gasteiger charge is -2.61. The molecule has 0 spiro atoms. The topological polar surface area (TPSA) is 152 Å². The molecule has 3 amide bonds. The first-order valence-corrected chi connectivity index (χ1v) is 9.94. The summed E-state index contributed by atoms with van der Waals surface area (Å²) in [6.07, 6.45) is 4.75. The molecule has 2 fully saturated rings. The molecule has 9 heteroatoms. The number of hydrogen-bond acceptors (Lipinski definition) is 4. The molecule has 1 aromatic rings. The van der Waals surface area contributed by atoms with Crippen LogP contribution in [-0.2, 0) is 4.79 Å². The number of urea groups is 1. The van der Waals surface area contributed by atoms with Crippen LogP contribution < -0.4 is 22.5 Å². The van der Waals surface area contributed by atoms with Crippen molar-refractivity contribution in [2.45, 2.75) is 51.6 Å². The van der Waals surface area contributed by atoms with Crippen molar-refractivity contribution in [1.29, 1.82) is 0 Å². The molecule has 30 heavy (non-hydrogen) atoms. The lowest BCUT2D eigenvalue weighted by atomic mass is 9.64. The second kappa shape index (κ2) is 8.17. The van der Waals surface area contributed by atoms with Gasteiger partial charge in [-0.2, -0.15) is 4.99 Å². The Morgan fingerprint density at radius 2 is 2.07 bits per heavy atom. The van der Waals surface area contributed by atoms with Crippen LogP contribution in [0.5, 0.6) is 0 Å². The summed E-state index contributed by atoms with van der Waals surface area (Å²) in [6, 6.07) is 5.07. The lowest BCUT2D eigenvalue weighted by molar-refractivity contribution is -0.151. The van der Waals surface area contributed by atoms with Gasteiger partial charge in [-0.1, -0.05) is 13.0 Å². The van der Waals surface area contributed by atoms with Gasteiger partial charge in [-0.05, 0) is 50.3 Å². The van der Waals surface area contributed by atoms with E-state index in [0.717, 1.165) is 12.0 Å². The zero-order valence-electron chi connectivity index (χ0n) is 17.6. The van der Waals surface area contributed by atoms with Crippen LogP contribution in [0.3, 0.4) is 0 Å². The Labute approximate surface area is 177 Å². The van der Waals surface area contributed by atoms with E-state index in [1.165, 1.54) is 12.4 Å². The molecule has 3 rings (SSSR count). The Morgan fingerprint density at radius 3 is 2.73 bits per heavy atom. The van der Waals surface area contributed by atoms with Crippen LogP contribution >= 0.6 is 0 Å². The van der Waals surface area contributed by atoms with Crippen molar-refractivity contribution < 1.29 is 11.0 Å². The minimum atomic E-state index is -0.924. The number of nitrogens with zero attached hydrogens (tertiary/aromatic N) is 3. The number of piperidine rings is 1. The van der Waals surface area contributed by atoms with Gasteiger partial charge < -0.3 is 27.4 Å². The van der Waals surface area contributed by atoms with E-state index in [2.05, 4.69) is 22.2 Å². The standard InChI is InChI=1S/C21H29N7O2.H2/c1-12-8-16-11-21(10-12,19(29)26-14(3)23)28(16)20(30)27-15-5-4-13(2)17(9-15)18(24)25-7-6-22;/h4-7,9,12,16H,8,10-11,22H2,1-3H3,(H2,24,25)(H,27,30)(H2,23,26,29);1H/b7-6-;. The number of amidine groups is 2. The van der Waals surface area contributed by atoms with E-state index in [-0.39, 0.29) is 25.2 Å². The lowest BCUT2D eigenvalue weighted by Crippen LogP contribution is -2.75. The van der Waals surface area contributed by atoms with Gasteiger partial charge in [0.2, 0.25) is 0 Å². The van der Waals surface area contributed by atoms with E-state index >= 15 is 0 Å². The van der Waals surface area contributed by atoms with Gasteiger partial charge in [0.15, 0.2) is 0 Å². The molecule has 1 saturated carbocycles. The second-order valence-electron chi connectivity index (χ2n) is 8.18. The highest BCUT2D eigenvalue weighted by atomic mass is 16.2. The third-order valence-electron chi connectivity index (χ3n) is 5.72. The minimum absolute atomic E-state index is 0. The molecule has 3 unspecified atom stereocenters. The van der Waals surface area contributed by atoms with Crippen molar-refractivity contribution in [2.75, 3.05) is 5.32 Å². The molecule has 7 N–H and O–H groups in total. The van der Waals surface area contributed by atoms with Crippen molar-refractivity contribution in [1.82, 2.24) is 4.90 Å². The number of hydrogen-bond donors (Lipinski definition) is 4. The average Bonchev–Trinajstić information content (AvgIpc) is 2.66. The van der Waals surface area contributed by atoms with Gasteiger partial charge in [-0.3, -0.25) is 4.79 Å². The number of fused-ring (bicyclic) bond motifs is 2. The fourth-order valence-corrected chi connectivity index (χ4v) is 4.57.